The van der Waals surface area contributed by atoms with Gasteiger partial charge in [-0.25, -0.2) is 4.79 Å². The van der Waals surface area contributed by atoms with Crippen LogP contribution in [0.4, 0.5) is 4.79 Å². The largest absolute Gasteiger partial charge is 0.354 e. The van der Waals surface area contributed by atoms with Crippen LogP contribution in [0.5, 0.6) is 0 Å². The maximum atomic E-state index is 13.6. The maximum Gasteiger partial charge on any atom is 0.326 e. The number of carbonyl (C=O) groups excluding carboxylic acids is 3. The second kappa shape index (κ2) is 9.91. The van der Waals surface area contributed by atoms with Crippen LogP contribution in [-0.4, -0.2) is 35.8 Å². The standard InChI is InChI=1S/C28H29N3O3/c1-20(2)22-15-13-21(14-16-22)17-18-29-25(32)19-31-26(33)28(30-27(31)34,23-9-5-3-6-10-23)24-11-7-4-8-12-24/h3-16,20H,17-19H2,1-2H3,(H,29,32)(H,30,34). The maximum absolute atomic E-state index is 13.6. The monoisotopic (exact) mass is 455 g/mol. The van der Waals surface area contributed by atoms with Gasteiger partial charge in [-0.2, -0.15) is 0 Å². The minimum atomic E-state index is -1.36. The lowest BCUT2D eigenvalue weighted by atomic mass is 9.82. The van der Waals surface area contributed by atoms with Gasteiger partial charge in [0.25, 0.3) is 5.91 Å². The SMILES string of the molecule is CC(C)c1ccc(CCNC(=O)CN2C(=O)NC(c3ccccc3)(c3ccccc3)C2=O)cc1. The van der Waals surface area contributed by atoms with E-state index in [1.165, 1.54) is 5.56 Å². The van der Waals surface area contributed by atoms with Crippen molar-refractivity contribution in [3.63, 3.8) is 0 Å². The van der Waals surface area contributed by atoms with Crippen molar-refractivity contribution in [2.24, 2.45) is 0 Å². The Morgan fingerprint density at radius 2 is 1.44 bits per heavy atom. The van der Waals surface area contributed by atoms with Gasteiger partial charge in [-0.15, -0.1) is 0 Å². The molecule has 0 unspecified atom stereocenters. The number of nitrogens with zero attached hydrogens (tertiary/aromatic N) is 1. The summed E-state index contributed by atoms with van der Waals surface area (Å²) in [6, 6.07) is 25.9. The van der Waals surface area contributed by atoms with Crippen LogP contribution in [0.15, 0.2) is 84.9 Å². The second-order valence-corrected chi connectivity index (χ2v) is 8.80. The molecule has 1 fully saturated rings. The molecule has 0 atom stereocenters. The molecule has 0 aliphatic carbocycles. The van der Waals surface area contributed by atoms with Gasteiger partial charge in [-0.3, -0.25) is 14.5 Å². The van der Waals surface area contributed by atoms with Gasteiger partial charge in [-0.05, 0) is 34.6 Å². The van der Waals surface area contributed by atoms with E-state index >= 15 is 0 Å². The molecule has 6 heteroatoms. The Labute approximate surface area is 200 Å². The van der Waals surface area contributed by atoms with Gasteiger partial charge >= 0.3 is 6.03 Å². The highest BCUT2D eigenvalue weighted by molar-refractivity contribution is 6.11. The molecule has 2 N–H and O–H groups in total. The highest BCUT2D eigenvalue weighted by Gasteiger charge is 2.53. The van der Waals surface area contributed by atoms with Gasteiger partial charge in [0, 0.05) is 6.54 Å². The number of benzene rings is 3. The Balaban J connectivity index is 1.45. The first-order valence-electron chi connectivity index (χ1n) is 11.5. The molecule has 0 bridgehead atoms. The first-order valence-corrected chi connectivity index (χ1v) is 11.5. The Hall–Kier alpha value is -3.93. The van der Waals surface area contributed by atoms with Crippen molar-refractivity contribution in [2.75, 3.05) is 13.1 Å². The minimum absolute atomic E-state index is 0.335. The van der Waals surface area contributed by atoms with Crippen molar-refractivity contribution < 1.29 is 14.4 Å². The third-order valence-corrected chi connectivity index (χ3v) is 6.20. The van der Waals surface area contributed by atoms with E-state index in [4.69, 9.17) is 0 Å². The van der Waals surface area contributed by atoms with Crippen LogP contribution in [0, 0.1) is 0 Å². The number of urea groups is 1. The lowest BCUT2D eigenvalue weighted by Gasteiger charge is -2.28. The number of rotatable bonds is 8. The number of hydrogen-bond donors (Lipinski definition) is 2. The lowest BCUT2D eigenvalue weighted by Crippen LogP contribution is -2.46. The number of hydrogen-bond acceptors (Lipinski definition) is 3. The summed E-state index contributed by atoms with van der Waals surface area (Å²) < 4.78 is 0. The van der Waals surface area contributed by atoms with Gasteiger partial charge < -0.3 is 10.6 Å². The number of nitrogens with one attached hydrogen (secondary N) is 2. The van der Waals surface area contributed by atoms with Gasteiger partial charge in [0.05, 0.1) is 0 Å². The van der Waals surface area contributed by atoms with E-state index in [0.717, 1.165) is 10.5 Å². The summed E-state index contributed by atoms with van der Waals surface area (Å²) in [6.07, 6.45) is 0.669. The van der Waals surface area contributed by atoms with Crippen LogP contribution >= 0.6 is 0 Å². The van der Waals surface area contributed by atoms with Crippen LogP contribution < -0.4 is 10.6 Å². The second-order valence-electron chi connectivity index (χ2n) is 8.80. The van der Waals surface area contributed by atoms with E-state index < -0.39 is 17.5 Å². The number of imide groups is 1. The summed E-state index contributed by atoms with van der Waals surface area (Å²) in [5.74, 6) is -0.370. The van der Waals surface area contributed by atoms with Crippen LogP contribution in [-0.2, 0) is 21.5 Å². The average molecular weight is 456 g/mol. The molecular formula is C28H29N3O3. The van der Waals surface area contributed by atoms with Crippen molar-refractivity contribution in [3.8, 4) is 0 Å². The highest BCUT2D eigenvalue weighted by atomic mass is 16.2. The molecule has 34 heavy (non-hydrogen) atoms. The minimum Gasteiger partial charge on any atom is -0.354 e. The molecule has 3 aromatic carbocycles. The fourth-order valence-corrected chi connectivity index (χ4v) is 4.27. The van der Waals surface area contributed by atoms with Crippen LogP contribution in [0.2, 0.25) is 0 Å². The Kier molecular flexibility index (Phi) is 6.77. The molecule has 0 saturated carbocycles. The lowest BCUT2D eigenvalue weighted by molar-refractivity contribution is -0.134. The van der Waals surface area contributed by atoms with Gasteiger partial charge in [0.1, 0.15) is 6.54 Å². The molecule has 4 rings (SSSR count). The molecule has 1 aliphatic rings. The van der Waals surface area contributed by atoms with Gasteiger partial charge in [-0.1, -0.05) is 98.8 Å². The van der Waals surface area contributed by atoms with Gasteiger partial charge in [0.15, 0.2) is 5.54 Å². The van der Waals surface area contributed by atoms with E-state index in [-0.39, 0.29) is 12.5 Å². The van der Waals surface area contributed by atoms with E-state index in [2.05, 4.69) is 48.7 Å². The zero-order chi connectivity index (χ0) is 24.1. The smallest absolute Gasteiger partial charge is 0.326 e. The molecule has 4 amide bonds. The summed E-state index contributed by atoms with van der Waals surface area (Å²) in [5.41, 5.74) is 2.32. The van der Waals surface area contributed by atoms with Gasteiger partial charge in [0.2, 0.25) is 5.91 Å². The molecule has 0 aromatic heterocycles. The van der Waals surface area contributed by atoms with E-state index in [1.807, 2.05) is 36.4 Å². The molecular weight excluding hydrogens is 426 g/mol. The predicted octanol–water partition coefficient (Wildman–Crippen LogP) is 3.96. The summed E-state index contributed by atoms with van der Waals surface area (Å²) >= 11 is 0. The number of carbonyl (C=O) groups is 3. The van der Waals surface area contributed by atoms with Crippen LogP contribution in [0.3, 0.4) is 0 Å². The summed E-state index contributed by atoms with van der Waals surface area (Å²) in [4.78, 5) is 40.1. The predicted molar refractivity (Wildman–Crippen MR) is 131 cm³/mol. The Morgan fingerprint density at radius 1 is 0.882 bits per heavy atom. The Morgan fingerprint density at radius 3 is 1.97 bits per heavy atom. The van der Waals surface area contributed by atoms with Crippen molar-refractivity contribution in [2.45, 2.75) is 31.7 Å². The molecule has 6 nitrogen and oxygen atoms in total. The van der Waals surface area contributed by atoms with Crippen LogP contribution in [0.25, 0.3) is 0 Å². The zero-order valence-corrected chi connectivity index (χ0v) is 19.5. The van der Waals surface area contributed by atoms with E-state index in [1.54, 1.807) is 24.3 Å². The molecule has 1 heterocycles. The van der Waals surface area contributed by atoms with E-state index in [0.29, 0.717) is 30.0 Å². The summed E-state index contributed by atoms with van der Waals surface area (Å²) in [6.45, 7) is 4.38. The third kappa shape index (κ3) is 4.57. The fraction of sp³-hybridized carbons (Fsp3) is 0.250. The first-order chi connectivity index (χ1) is 16.4. The fourth-order valence-electron chi connectivity index (χ4n) is 4.27. The van der Waals surface area contributed by atoms with Crippen molar-refractivity contribution in [1.29, 1.82) is 0 Å². The van der Waals surface area contributed by atoms with E-state index in [9.17, 15) is 14.4 Å². The van der Waals surface area contributed by atoms with Crippen molar-refractivity contribution in [3.05, 3.63) is 107 Å². The third-order valence-electron chi connectivity index (χ3n) is 6.20. The van der Waals surface area contributed by atoms with Crippen LogP contribution in [0.1, 0.15) is 42.0 Å². The first kappa shape index (κ1) is 23.2. The van der Waals surface area contributed by atoms with Crippen molar-refractivity contribution in [1.82, 2.24) is 15.5 Å². The molecule has 1 saturated heterocycles. The molecule has 174 valence electrons. The Bertz CT molecular complexity index is 1120. The van der Waals surface area contributed by atoms with Crippen molar-refractivity contribution >= 4 is 17.8 Å². The summed E-state index contributed by atoms with van der Waals surface area (Å²) in [7, 11) is 0. The quantitative estimate of drug-likeness (QED) is 0.505. The molecule has 0 spiro atoms. The normalized spacial score (nSPS) is 14.9. The molecule has 3 aromatic rings. The molecule has 0 radical (unpaired) electrons. The average Bonchev–Trinajstić information content (AvgIpc) is 3.11. The zero-order valence-electron chi connectivity index (χ0n) is 19.5. The number of amides is 4. The highest BCUT2D eigenvalue weighted by Crippen LogP contribution is 2.35. The topological polar surface area (TPSA) is 78.5 Å². The molecule has 1 aliphatic heterocycles. The summed E-state index contributed by atoms with van der Waals surface area (Å²) in [5, 5.41) is 5.69.